The first-order valence-corrected chi connectivity index (χ1v) is 6.88. The van der Waals surface area contributed by atoms with Gasteiger partial charge in [0.1, 0.15) is 11.4 Å². The molecule has 0 spiro atoms. The van der Waals surface area contributed by atoms with Crippen molar-refractivity contribution in [3.8, 4) is 5.75 Å². The maximum absolute atomic E-state index is 11.0. The number of ether oxygens (including phenoxy) is 1. The molecule has 0 aliphatic rings. The van der Waals surface area contributed by atoms with E-state index in [1.807, 2.05) is 44.2 Å². The van der Waals surface area contributed by atoms with Gasteiger partial charge in [-0.15, -0.1) is 0 Å². The number of methoxy groups -OCH3 is 1. The van der Waals surface area contributed by atoms with E-state index < -0.39 is 5.60 Å². The summed E-state index contributed by atoms with van der Waals surface area (Å²) >= 11 is 6.22. The highest BCUT2D eigenvalue weighted by atomic mass is 35.5. The molecule has 0 aliphatic heterocycles. The normalized spacial score (nSPS) is 13.9. The average Bonchev–Trinajstić information content (AvgIpc) is 2.41. The zero-order chi connectivity index (χ0) is 14.9. The minimum Gasteiger partial charge on any atom is -0.496 e. The Morgan fingerprint density at radius 1 is 1.05 bits per heavy atom. The molecule has 2 aromatic rings. The first-order chi connectivity index (χ1) is 9.37. The summed E-state index contributed by atoms with van der Waals surface area (Å²) in [6.07, 6.45) is 0. The van der Waals surface area contributed by atoms with Gasteiger partial charge < -0.3 is 9.84 Å². The van der Waals surface area contributed by atoms with Gasteiger partial charge in [0.15, 0.2) is 0 Å². The fraction of sp³-hybridized carbons (Fsp3) is 0.294. The zero-order valence-corrected chi connectivity index (χ0v) is 13.0. The van der Waals surface area contributed by atoms with Gasteiger partial charge in [0.2, 0.25) is 0 Å². The van der Waals surface area contributed by atoms with Crippen LogP contribution < -0.4 is 4.74 Å². The van der Waals surface area contributed by atoms with E-state index in [1.54, 1.807) is 20.1 Å². The van der Waals surface area contributed by atoms with Gasteiger partial charge in [-0.3, -0.25) is 0 Å². The summed E-state index contributed by atoms with van der Waals surface area (Å²) in [6, 6.07) is 11.3. The van der Waals surface area contributed by atoms with Crippen molar-refractivity contribution in [3.05, 3.63) is 63.7 Å². The Morgan fingerprint density at radius 2 is 1.70 bits per heavy atom. The number of rotatable bonds is 3. The molecule has 1 N–H and O–H groups in total. The fourth-order valence-electron chi connectivity index (χ4n) is 2.54. The largest absolute Gasteiger partial charge is 0.496 e. The Hall–Kier alpha value is -1.51. The summed E-state index contributed by atoms with van der Waals surface area (Å²) in [5.41, 5.74) is 2.36. The van der Waals surface area contributed by atoms with Gasteiger partial charge >= 0.3 is 0 Å². The van der Waals surface area contributed by atoms with Gasteiger partial charge in [-0.1, -0.05) is 29.8 Å². The van der Waals surface area contributed by atoms with E-state index >= 15 is 0 Å². The molecular formula is C17H19ClO2. The smallest absolute Gasteiger partial charge is 0.122 e. The third-order valence-corrected chi connectivity index (χ3v) is 3.99. The Balaban J connectivity index is 2.61. The Bertz CT molecular complexity index is 633. The summed E-state index contributed by atoms with van der Waals surface area (Å²) in [7, 11) is 1.65. The molecule has 0 radical (unpaired) electrons. The highest BCUT2D eigenvalue weighted by Gasteiger charge is 2.30. The molecule has 2 nitrogen and oxygen atoms in total. The molecule has 0 saturated carbocycles. The van der Waals surface area contributed by atoms with Crippen LogP contribution in [0.25, 0.3) is 0 Å². The van der Waals surface area contributed by atoms with Crippen LogP contribution in [-0.4, -0.2) is 12.2 Å². The molecule has 2 aromatic carbocycles. The van der Waals surface area contributed by atoms with E-state index in [9.17, 15) is 5.11 Å². The lowest BCUT2D eigenvalue weighted by Gasteiger charge is -2.28. The SMILES string of the molecule is COc1cc(C)c(C(C)(O)c2ccccc2Cl)cc1C. The standard InChI is InChI=1S/C17H19ClO2/c1-11-10-16(20-4)12(2)9-14(11)17(3,19)13-7-5-6-8-15(13)18/h5-10,19H,1-4H3. The predicted octanol–water partition coefficient (Wildman–Crippen LogP) is 4.22. The minimum absolute atomic E-state index is 0.561. The summed E-state index contributed by atoms with van der Waals surface area (Å²) in [5.74, 6) is 0.821. The molecule has 0 heterocycles. The van der Waals surface area contributed by atoms with Crippen LogP contribution in [0, 0.1) is 13.8 Å². The minimum atomic E-state index is -1.14. The summed E-state index contributed by atoms with van der Waals surface area (Å²) in [4.78, 5) is 0. The molecule has 0 aromatic heterocycles. The molecule has 1 unspecified atom stereocenters. The number of benzene rings is 2. The Kier molecular flexibility index (Phi) is 4.07. The number of hydrogen-bond acceptors (Lipinski definition) is 2. The molecular weight excluding hydrogens is 272 g/mol. The second-order valence-corrected chi connectivity index (χ2v) is 5.60. The quantitative estimate of drug-likeness (QED) is 0.917. The van der Waals surface area contributed by atoms with Crippen molar-refractivity contribution in [1.82, 2.24) is 0 Å². The van der Waals surface area contributed by atoms with Crippen LogP contribution in [0.1, 0.15) is 29.2 Å². The van der Waals surface area contributed by atoms with Crippen molar-refractivity contribution < 1.29 is 9.84 Å². The van der Waals surface area contributed by atoms with E-state index in [2.05, 4.69) is 0 Å². The molecule has 0 bridgehead atoms. The summed E-state index contributed by atoms with van der Waals surface area (Å²) < 4.78 is 5.32. The van der Waals surface area contributed by atoms with Gasteiger partial charge in [-0.25, -0.2) is 0 Å². The first kappa shape index (κ1) is 14.9. The molecule has 0 fully saturated rings. The molecule has 2 rings (SSSR count). The monoisotopic (exact) mass is 290 g/mol. The van der Waals surface area contributed by atoms with Crippen LogP contribution in [0.15, 0.2) is 36.4 Å². The van der Waals surface area contributed by atoms with Crippen LogP contribution in [0.2, 0.25) is 5.02 Å². The van der Waals surface area contributed by atoms with E-state index in [0.29, 0.717) is 10.6 Å². The van der Waals surface area contributed by atoms with E-state index in [0.717, 1.165) is 22.4 Å². The maximum Gasteiger partial charge on any atom is 0.122 e. The third-order valence-electron chi connectivity index (χ3n) is 3.66. The molecule has 0 amide bonds. The Morgan fingerprint density at radius 3 is 2.30 bits per heavy atom. The summed E-state index contributed by atoms with van der Waals surface area (Å²) in [6.45, 7) is 5.69. The van der Waals surface area contributed by atoms with E-state index in [1.165, 1.54) is 0 Å². The number of hydrogen-bond donors (Lipinski definition) is 1. The topological polar surface area (TPSA) is 29.5 Å². The highest BCUT2D eigenvalue weighted by molar-refractivity contribution is 6.31. The van der Waals surface area contributed by atoms with Crippen molar-refractivity contribution in [1.29, 1.82) is 0 Å². The number of halogens is 1. The highest BCUT2D eigenvalue weighted by Crippen LogP contribution is 2.37. The predicted molar refractivity (Wildman–Crippen MR) is 82.6 cm³/mol. The Labute approximate surface area is 125 Å². The lowest BCUT2D eigenvalue weighted by atomic mass is 9.84. The van der Waals surface area contributed by atoms with Crippen molar-refractivity contribution >= 4 is 11.6 Å². The third kappa shape index (κ3) is 2.54. The molecule has 3 heteroatoms. The number of aliphatic hydroxyl groups is 1. The average molecular weight is 291 g/mol. The second kappa shape index (κ2) is 5.47. The van der Waals surface area contributed by atoms with Crippen LogP contribution >= 0.6 is 11.6 Å². The molecule has 0 aliphatic carbocycles. The van der Waals surface area contributed by atoms with E-state index in [-0.39, 0.29) is 0 Å². The van der Waals surface area contributed by atoms with Gasteiger partial charge in [-0.05, 0) is 55.7 Å². The number of aryl methyl sites for hydroxylation is 2. The van der Waals surface area contributed by atoms with Crippen molar-refractivity contribution in [3.63, 3.8) is 0 Å². The van der Waals surface area contributed by atoms with Gasteiger partial charge in [0.25, 0.3) is 0 Å². The van der Waals surface area contributed by atoms with Gasteiger partial charge in [0.05, 0.1) is 7.11 Å². The maximum atomic E-state index is 11.0. The zero-order valence-electron chi connectivity index (χ0n) is 12.2. The molecule has 0 saturated heterocycles. The lowest BCUT2D eigenvalue weighted by Crippen LogP contribution is -2.24. The second-order valence-electron chi connectivity index (χ2n) is 5.19. The van der Waals surface area contributed by atoms with Crippen molar-refractivity contribution in [2.75, 3.05) is 7.11 Å². The molecule has 20 heavy (non-hydrogen) atoms. The first-order valence-electron chi connectivity index (χ1n) is 6.51. The van der Waals surface area contributed by atoms with Crippen molar-refractivity contribution in [2.45, 2.75) is 26.4 Å². The van der Waals surface area contributed by atoms with Crippen molar-refractivity contribution in [2.24, 2.45) is 0 Å². The molecule has 106 valence electrons. The summed E-state index contributed by atoms with van der Waals surface area (Å²) in [5, 5.41) is 11.5. The van der Waals surface area contributed by atoms with Crippen LogP contribution in [0.3, 0.4) is 0 Å². The van der Waals surface area contributed by atoms with Crippen LogP contribution in [0.5, 0.6) is 5.75 Å². The van der Waals surface area contributed by atoms with Crippen LogP contribution in [-0.2, 0) is 5.60 Å². The van der Waals surface area contributed by atoms with Gasteiger partial charge in [-0.2, -0.15) is 0 Å². The molecule has 1 atom stereocenters. The lowest BCUT2D eigenvalue weighted by molar-refractivity contribution is 0.101. The van der Waals surface area contributed by atoms with Gasteiger partial charge in [0, 0.05) is 10.6 Å². The van der Waals surface area contributed by atoms with Crippen LogP contribution in [0.4, 0.5) is 0 Å². The fourth-order valence-corrected chi connectivity index (χ4v) is 2.85. The van der Waals surface area contributed by atoms with E-state index in [4.69, 9.17) is 16.3 Å².